The quantitative estimate of drug-likeness (QED) is 0.923. The number of pyridine rings is 1. The second-order valence-corrected chi connectivity index (χ2v) is 7.61. The molecule has 1 aliphatic heterocycles. The van der Waals surface area contributed by atoms with E-state index in [1.54, 1.807) is 0 Å². The van der Waals surface area contributed by atoms with E-state index in [0.717, 1.165) is 31.9 Å². The van der Waals surface area contributed by atoms with Crippen LogP contribution in [0.1, 0.15) is 39.0 Å². The normalized spacial score (nSPS) is 16.5. The molecular weight excluding hydrogens is 266 g/mol. The maximum absolute atomic E-state index is 4.81. The molecule has 0 aliphatic carbocycles. The molecule has 0 saturated carbocycles. The highest BCUT2D eigenvalue weighted by atomic mass is 32.2. The average molecular weight is 293 g/mol. The minimum absolute atomic E-state index is 0.150. The number of hydrogen-bond acceptors (Lipinski definition) is 4. The van der Waals surface area contributed by atoms with Gasteiger partial charge >= 0.3 is 0 Å². The summed E-state index contributed by atoms with van der Waals surface area (Å²) in [5.41, 5.74) is 2.70. The first-order chi connectivity index (χ1) is 9.48. The molecule has 4 heteroatoms. The molecule has 1 aliphatic rings. The van der Waals surface area contributed by atoms with Gasteiger partial charge in [-0.15, -0.1) is 0 Å². The van der Waals surface area contributed by atoms with Gasteiger partial charge in [0.2, 0.25) is 0 Å². The summed E-state index contributed by atoms with van der Waals surface area (Å²) in [4.78, 5) is 7.24. The number of aryl methyl sites for hydroxylation is 1. The van der Waals surface area contributed by atoms with Gasteiger partial charge in [0, 0.05) is 42.4 Å². The van der Waals surface area contributed by atoms with Crippen LogP contribution in [-0.4, -0.2) is 35.1 Å². The van der Waals surface area contributed by atoms with E-state index in [1.807, 2.05) is 11.8 Å². The van der Waals surface area contributed by atoms with E-state index in [-0.39, 0.29) is 5.54 Å². The maximum atomic E-state index is 4.81. The number of anilines is 1. The van der Waals surface area contributed by atoms with Crippen LogP contribution in [0.5, 0.6) is 0 Å². The Morgan fingerprint density at radius 3 is 2.55 bits per heavy atom. The van der Waals surface area contributed by atoms with E-state index < -0.39 is 0 Å². The van der Waals surface area contributed by atoms with Crippen molar-refractivity contribution in [3.8, 4) is 0 Å². The van der Waals surface area contributed by atoms with Crippen molar-refractivity contribution in [2.24, 2.45) is 0 Å². The van der Waals surface area contributed by atoms with E-state index >= 15 is 0 Å². The Balaban J connectivity index is 2.15. The lowest BCUT2D eigenvalue weighted by Crippen LogP contribution is -2.35. The molecule has 0 amide bonds. The molecule has 20 heavy (non-hydrogen) atoms. The Morgan fingerprint density at radius 1 is 1.25 bits per heavy atom. The van der Waals surface area contributed by atoms with Crippen molar-refractivity contribution >= 4 is 17.6 Å². The topological polar surface area (TPSA) is 28.2 Å². The second-order valence-electron chi connectivity index (χ2n) is 6.38. The molecule has 2 heterocycles. The van der Waals surface area contributed by atoms with E-state index in [9.17, 15) is 0 Å². The van der Waals surface area contributed by atoms with E-state index in [2.05, 4.69) is 50.0 Å². The van der Waals surface area contributed by atoms with Crippen molar-refractivity contribution in [1.29, 1.82) is 0 Å². The second kappa shape index (κ2) is 6.81. The fourth-order valence-electron chi connectivity index (χ4n) is 2.24. The minimum atomic E-state index is 0.150. The van der Waals surface area contributed by atoms with Gasteiger partial charge in [0.15, 0.2) is 0 Å². The molecular formula is C16H27N3S. The molecule has 2 rings (SSSR count). The molecule has 1 fully saturated rings. The molecule has 1 N–H and O–H groups in total. The highest BCUT2D eigenvalue weighted by molar-refractivity contribution is 7.99. The van der Waals surface area contributed by atoms with E-state index in [1.165, 1.54) is 22.8 Å². The highest BCUT2D eigenvalue weighted by Crippen LogP contribution is 2.20. The van der Waals surface area contributed by atoms with Gasteiger partial charge in [-0.2, -0.15) is 11.8 Å². The van der Waals surface area contributed by atoms with Crippen molar-refractivity contribution in [1.82, 2.24) is 10.3 Å². The van der Waals surface area contributed by atoms with Crippen LogP contribution in [0.2, 0.25) is 0 Å². The molecule has 1 aromatic heterocycles. The van der Waals surface area contributed by atoms with Gasteiger partial charge in [-0.05, 0) is 44.9 Å². The standard InChI is InChI=1S/C16H27N3S/c1-5-14-10-13(12-17-16(2,3)4)11-15(18-14)19-6-8-20-9-7-19/h10-11,17H,5-9,12H2,1-4H3. The molecule has 112 valence electrons. The highest BCUT2D eigenvalue weighted by Gasteiger charge is 2.15. The molecule has 0 aromatic carbocycles. The van der Waals surface area contributed by atoms with Crippen LogP contribution in [0.15, 0.2) is 12.1 Å². The Hall–Kier alpha value is -0.740. The van der Waals surface area contributed by atoms with Crippen LogP contribution in [0.3, 0.4) is 0 Å². The molecule has 0 atom stereocenters. The monoisotopic (exact) mass is 293 g/mol. The Kier molecular flexibility index (Phi) is 5.33. The summed E-state index contributed by atoms with van der Waals surface area (Å²) in [6.45, 7) is 12.0. The number of nitrogens with zero attached hydrogens (tertiary/aromatic N) is 2. The van der Waals surface area contributed by atoms with Crippen molar-refractivity contribution in [2.75, 3.05) is 29.5 Å². The van der Waals surface area contributed by atoms with Crippen LogP contribution >= 0.6 is 11.8 Å². The van der Waals surface area contributed by atoms with Crippen molar-refractivity contribution in [2.45, 2.75) is 46.2 Å². The fourth-order valence-corrected chi connectivity index (χ4v) is 3.14. The van der Waals surface area contributed by atoms with Gasteiger partial charge in [-0.3, -0.25) is 0 Å². The van der Waals surface area contributed by atoms with E-state index in [4.69, 9.17) is 4.98 Å². The molecule has 1 saturated heterocycles. The van der Waals surface area contributed by atoms with Gasteiger partial charge in [-0.25, -0.2) is 4.98 Å². The summed E-state index contributed by atoms with van der Waals surface area (Å²) < 4.78 is 0. The van der Waals surface area contributed by atoms with Gasteiger partial charge in [0.25, 0.3) is 0 Å². The van der Waals surface area contributed by atoms with Crippen LogP contribution in [-0.2, 0) is 13.0 Å². The van der Waals surface area contributed by atoms with Crippen molar-refractivity contribution in [3.63, 3.8) is 0 Å². The first-order valence-corrected chi connectivity index (χ1v) is 8.71. The smallest absolute Gasteiger partial charge is 0.129 e. The van der Waals surface area contributed by atoms with Crippen LogP contribution in [0, 0.1) is 0 Å². The summed E-state index contributed by atoms with van der Waals surface area (Å²) in [6.07, 6.45) is 0.999. The van der Waals surface area contributed by atoms with Crippen LogP contribution < -0.4 is 10.2 Å². The Labute approximate surface area is 127 Å². The third kappa shape index (κ3) is 4.67. The van der Waals surface area contributed by atoms with Gasteiger partial charge in [0.1, 0.15) is 5.82 Å². The maximum Gasteiger partial charge on any atom is 0.129 e. The number of rotatable bonds is 4. The first-order valence-electron chi connectivity index (χ1n) is 7.55. The SMILES string of the molecule is CCc1cc(CNC(C)(C)C)cc(N2CCSCC2)n1. The number of nitrogens with one attached hydrogen (secondary N) is 1. The largest absolute Gasteiger partial charge is 0.355 e. The predicted octanol–water partition coefficient (Wildman–Crippen LogP) is 3.09. The zero-order chi connectivity index (χ0) is 14.6. The van der Waals surface area contributed by atoms with Crippen molar-refractivity contribution in [3.05, 3.63) is 23.4 Å². The molecule has 0 spiro atoms. The minimum Gasteiger partial charge on any atom is -0.355 e. The Morgan fingerprint density at radius 2 is 1.95 bits per heavy atom. The van der Waals surface area contributed by atoms with Gasteiger partial charge < -0.3 is 10.2 Å². The van der Waals surface area contributed by atoms with Crippen LogP contribution in [0.25, 0.3) is 0 Å². The lowest BCUT2D eigenvalue weighted by molar-refractivity contribution is 0.424. The van der Waals surface area contributed by atoms with Gasteiger partial charge in [0.05, 0.1) is 0 Å². The average Bonchev–Trinajstić information content (AvgIpc) is 2.45. The summed E-state index contributed by atoms with van der Waals surface area (Å²) >= 11 is 2.04. The lowest BCUT2D eigenvalue weighted by Gasteiger charge is -2.28. The zero-order valence-electron chi connectivity index (χ0n) is 13.2. The number of thioether (sulfide) groups is 1. The molecule has 0 bridgehead atoms. The molecule has 0 radical (unpaired) electrons. The third-order valence-electron chi connectivity index (χ3n) is 3.44. The number of hydrogen-bond donors (Lipinski definition) is 1. The zero-order valence-corrected chi connectivity index (χ0v) is 14.0. The fraction of sp³-hybridized carbons (Fsp3) is 0.688. The summed E-state index contributed by atoms with van der Waals surface area (Å²) in [5, 5.41) is 3.57. The summed E-state index contributed by atoms with van der Waals surface area (Å²) in [7, 11) is 0. The summed E-state index contributed by atoms with van der Waals surface area (Å²) in [5.74, 6) is 3.59. The van der Waals surface area contributed by atoms with Gasteiger partial charge in [-0.1, -0.05) is 6.92 Å². The van der Waals surface area contributed by atoms with E-state index in [0.29, 0.717) is 0 Å². The van der Waals surface area contributed by atoms with Crippen molar-refractivity contribution < 1.29 is 0 Å². The molecule has 0 unspecified atom stereocenters. The summed E-state index contributed by atoms with van der Waals surface area (Å²) in [6, 6.07) is 4.49. The third-order valence-corrected chi connectivity index (χ3v) is 4.39. The Bertz CT molecular complexity index is 434. The lowest BCUT2D eigenvalue weighted by atomic mass is 10.1. The molecule has 1 aromatic rings. The van der Waals surface area contributed by atoms with Crippen LogP contribution in [0.4, 0.5) is 5.82 Å². The first kappa shape index (κ1) is 15.6. The molecule has 3 nitrogen and oxygen atoms in total. The number of aromatic nitrogens is 1. The predicted molar refractivity (Wildman–Crippen MR) is 89.7 cm³/mol.